The molecule has 0 aromatic heterocycles. The number of cyclic esters (lactones) is 1. The summed E-state index contributed by atoms with van der Waals surface area (Å²) in [6.07, 6.45) is 5.25. The van der Waals surface area contributed by atoms with Crippen molar-refractivity contribution in [3.05, 3.63) is 60.8 Å². The van der Waals surface area contributed by atoms with Gasteiger partial charge in [0, 0.05) is 38.2 Å². The molecule has 4 rings (SSSR count). The molecule has 262 valence electrons. The molecular weight excluding hydrogens is 618 g/mol. The first-order valence-electron chi connectivity index (χ1n) is 15.9. The van der Waals surface area contributed by atoms with Gasteiger partial charge < -0.3 is 60.1 Å². The van der Waals surface area contributed by atoms with E-state index in [0.717, 1.165) is 0 Å². The van der Waals surface area contributed by atoms with E-state index in [9.17, 15) is 40.2 Å². The van der Waals surface area contributed by atoms with Gasteiger partial charge in [-0.2, -0.15) is 0 Å². The molecule has 0 amide bonds. The van der Waals surface area contributed by atoms with E-state index in [1.165, 1.54) is 12.2 Å². The zero-order valence-corrected chi connectivity index (χ0v) is 26.4. The molecule has 0 unspecified atom stereocenters. The molecule has 2 bridgehead atoms. The Bertz CT molecular complexity index is 1220. The monoisotopic (exact) mass is 665 g/mol. The van der Waals surface area contributed by atoms with E-state index in [1.807, 2.05) is 6.08 Å². The second-order valence-corrected chi connectivity index (χ2v) is 12.6. The Morgan fingerprint density at radius 3 is 2.36 bits per heavy atom. The molecule has 0 saturated carbocycles. The van der Waals surface area contributed by atoms with Crippen LogP contribution in [0.15, 0.2) is 60.8 Å². The fourth-order valence-corrected chi connectivity index (χ4v) is 6.00. The van der Waals surface area contributed by atoms with Gasteiger partial charge in [-0.1, -0.05) is 48.6 Å². The van der Waals surface area contributed by atoms with Crippen molar-refractivity contribution in [1.29, 1.82) is 0 Å². The van der Waals surface area contributed by atoms with E-state index in [1.54, 1.807) is 56.4 Å². The number of hydrogen-bond donors (Lipinski definition) is 7. The fourth-order valence-electron chi connectivity index (χ4n) is 6.00. The van der Waals surface area contributed by atoms with Gasteiger partial charge in [0.2, 0.25) is 0 Å². The van der Waals surface area contributed by atoms with Crippen molar-refractivity contribution in [2.75, 3.05) is 0 Å². The second kappa shape index (κ2) is 16.6. The lowest BCUT2D eigenvalue weighted by molar-refractivity contribution is -0.308. The van der Waals surface area contributed by atoms with Gasteiger partial charge in [0.05, 0.1) is 48.8 Å². The number of nitrogens with two attached hydrogens (primary N) is 1. The number of rotatable bonds is 3. The van der Waals surface area contributed by atoms with Gasteiger partial charge in [-0.15, -0.1) is 0 Å². The average Bonchev–Trinajstić information content (AvgIpc) is 3.72. The highest BCUT2D eigenvalue weighted by molar-refractivity contribution is 5.82. The predicted octanol–water partition coefficient (Wildman–Crippen LogP) is 0.120. The van der Waals surface area contributed by atoms with Crippen LogP contribution < -0.4 is 5.73 Å². The summed E-state index contributed by atoms with van der Waals surface area (Å²) in [5, 5.41) is 63.9. The highest BCUT2D eigenvalue weighted by atomic mass is 16.7. The number of aliphatic carboxylic acids is 1. The first-order valence-corrected chi connectivity index (χ1v) is 15.9. The first-order chi connectivity index (χ1) is 22.3. The predicted molar refractivity (Wildman–Crippen MR) is 165 cm³/mol. The number of carbonyl (C=O) groups excluding carboxylic acids is 1. The number of carbonyl (C=O) groups is 2. The Balaban J connectivity index is 1.58. The van der Waals surface area contributed by atoms with E-state index in [4.69, 9.17) is 29.4 Å². The minimum Gasteiger partial charge on any atom is -0.481 e. The minimum absolute atomic E-state index is 0.0789. The van der Waals surface area contributed by atoms with Gasteiger partial charge in [-0.05, 0) is 19.9 Å². The molecular formula is C33H47NO13. The Hall–Kier alpha value is -2.76. The summed E-state index contributed by atoms with van der Waals surface area (Å²) in [6.45, 7) is 3.34. The largest absolute Gasteiger partial charge is 0.481 e. The highest BCUT2D eigenvalue weighted by Crippen LogP contribution is 2.39. The zero-order valence-electron chi connectivity index (χ0n) is 26.4. The number of allylic oxidation sites excluding steroid dienone is 6. The van der Waals surface area contributed by atoms with Crippen LogP contribution in [-0.2, 0) is 33.3 Å². The van der Waals surface area contributed by atoms with Crippen molar-refractivity contribution < 1.29 is 63.9 Å². The molecule has 14 atom stereocenters. The average molecular weight is 666 g/mol. The standard InChI is InChI=1S/C33H47NO13/c1-18-10-8-6-4-3-5-7-9-11-21(45-32-30(39)28(34)29(38)19(2)44-32)15-25-27(31(40)41)22(36)17-33(42,47-25)16-20(35)14-24-23(46-24)12-13-26(37)43-18/h3-9,11-13,18-25,27-30,32,35-36,38-39,42H,10,14-17,34H2,1-2H3,(H,40,41)/b4-3-,7-5+,8-6+,11-9+,13-12+/t18-,19-,20-,21+,22+,23-,24+,25-,27-,28+,29+,30+,32+,33+/m1/s1. The summed E-state index contributed by atoms with van der Waals surface area (Å²) in [5.41, 5.74) is 5.98. The number of hydrogen-bond acceptors (Lipinski definition) is 13. The molecule has 14 nitrogen and oxygen atoms in total. The molecule has 4 aliphatic rings. The molecule has 14 heteroatoms. The normalized spacial score (nSPS) is 47.2. The van der Waals surface area contributed by atoms with Gasteiger partial charge in [0.15, 0.2) is 12.1 Å². The summed E-state index contributed by atoms with van der Waals surface area (Å²) < 4.78 is 28.5. The van der Waals surface area contributed by atoms with Crippen LogP contribution in [0.5, 0.6) is 0 Å². The molecule has 4 aliphatic heterocycles. The van der Waals surface area contributed by atoms with Crippen molar-refractivity contribution in [1.82, 2.24) is 0 Å². The molecule has 0 aliphatic carbocycles. The zero-order chi connectivity index (χ0) is 34.3. The minimum atomic E-state index is -2.10. The first kappa shape index (κ1) is 37.1. The van der Waals surface area contributed by atoms with Gasteiger partial charge in [0.1, 0.15) is 24.2 Å². The molecule has 0 aromatic carbocycles. The van der Waals surface area contributed by atoms with Gasteiger partial charge in [-0.25, -0.2) is 4.79 Å². The lowest BCUT2D eigenvalue weighted by atomic mass is 9.83. The van der Waals surface area contributed by atoms with E-state index in [0.29, 0.717) is 6.42 Å². The quantitative estimate of drug-likeness (QED) is 0.157. The lowest BCUT2D eigenvalue weighted by Crippen LogP contribution is -2.61. The molecule has 3 saturated heterocycles. The van der Waals surface area contributed by atoms with E-state index >= 15 is 0 Å². The second-order valence-electron chi connectivity index (χ2n) is 12.6. The highest BCUT2D eigenvalue weighted by Gasteiger charge is 2.51. The van der Waals surface area contributed by atoms with Crippen LogP contribution in [0.25, 0.3) is 0 Å². The number of carboxylic acid groups (broad SMARTS) is 1. The molecule has 0 aromatic rings. The van der Waals surface area contributed by atoms with Crippen LogP contribution in [0, 0.1) is 5.92 Å². The number of aliphatic hydroxyl groups is 5. The van der Waals surface area contributed by atoms with Crippen molar-refractivity contribution in [3.63, 3.8) is 0 Å². The van der Waals surface area contributed by atoms with Crippen LogP contribution in [0.2, 0.25) is 0 Å². The van der Waals surface area contributed by atoms with Crippen molar-refractivity contribution >= 4 is 11.9 Å². The van der Waals surface area contributed by atoms with Crippen molar-refractivity contribution in [3.8, 4) is 0 Å². The van der Waals surface area contributed by atoms with Gasteiger partial charge in [-0.3, -0.25) is 4.79 Å². The number of fused-ring (bicyclic) bond motifs is 3. The summed E-state index contributed by atoms with van der Waals surface area (Å²) in [4.78, 5) is 24.4. The number of ether oxygens (including phenoxy) is 5. The summed E-state index contributed by atoms with van der Waals surface area (Å²) in [7, 11) is 0. The van der Waals surface area contributed by atoms with Crippen molar-refractivity contribution in [2.45, 2.75) is 125 Å². The Morgan fingerprint density at radius 1 is 0.936 bits per heavy atom. The summed E-state index contributed by atoms with van der Waals surface area (Å²) in [5.74, 6) is -5.45. The Labute approximate surface area is 273 Å². The van der Waals surface area contributed by atoms with Crippen LogP contribution in [0.4, 0.5) is 0 Å². The molecule has 47 heavy (non-hydrogen) atoms. The van der Waals surface area contributed by atoms with E-state index in [-0.39, 0.29) is 25.4 Å². The molecule has 0 radical (unpaired) electrons. The third-order valence-corrected chi connectivity index (χ3v) is 8.58. The van der Waals surface area contributed by atoms with Crippen molar-refractivity contribution in [2.24, 2.45) is 11.7 Å². The van der Waals surface area contributed by atoms with Gasteiger partial charge in [0.25, 0.3) is 0 Å². The van der Waals surface area contributed by atoms with Crippen LogP contribution in [0.3, 0.4) is 0 Å². The fraction of sp³-hybridized carbons (Fsp3) is 0.636. The van der Waals surface area contributed by atoms with E-state index < -0.39 is 97.3 Å². The summed E-state index contributed by atoms with van der Waals surface area (Å²) in [6, 6.07) is -1.08. The number of epoxide rings is 1. The van der Waals surface area contributed by atoms with E-state index in [2.05, 4.69) is 0 Å². The van der Waals surface area contributed by atoms with Gasteiger partial charge >= 0.3 is 11.9 Å². The number of esters is 1. The Morgan fingerprint density at radius 2 is 1.64 bits per heavy atom. The topological polar surface area (TPSA) is 231 Å². The van der Waals surface area contributed by atoms with Crippen LogP contribution in [-0.4, -0.2) is 122 Å². The third-order valence-electron chi connectivity index (χ3n) is 8.58. The molecule has 0 spiro atoms. The van der Waals surface area contributed by atoms with Crippen LogP contribution in [0.1, 0.15) is 46.0 Å². The number of carboxylic acids is 1. The smallest absolute Gasteiger partial charge is 0.330 e. The lowest BCUT2D eigenvalue weighted by Gasteiger charge is -2.45. The number of aliphatic hydroxyl groups excluding tert-OH is 4. The molecule has 3 fully saturated rings. The molecule has 4 heterocycles. The Kier molecular flexibility index (Phi) is 13.1. The molecule has 8 N–H and O–H groups in total. The summed E-state index contributed by atoms with van der Waals surface area (Å²) >= 11 is 0. The third kappa shape index (κ3) is 10.6. The maximum absolute atomic E-state index is 12.3. The maximum Gasteiger partial charge on any atom is 0.330 e. The maximum atomic E-state index is 12.3. The SMILES string of the molecule is C[C@@H]1C/C=C/C=C\C=C\C=C\[C@H](O[C@@H]2O[C@H](C)[C@H](O)[C@H](N)[C@@H]2O)C[C@H]2O[C@@](O)(C[C@H](O)C[C@@H]3O[C@@H]3/C=C/C(=O)O1)C[C@H](O)[C@H]2C(=O)O. The van der Waals surface area contributed by atoms with Crippen LogP contribution >= 0.6 is 0 Å².